The van der Waals surface area contributed by atoms with Gasteiger partial charge in [-0.2, -0.15) is 5.10 Å². The Hall–Kier alpha value is -1.91. The maximum Gasteiger partial charge on any atom is 0.183 e. The lowest BCUT2D eigenvalue weighted by Crippen LogP contribution is -1.95. The van der Waals surface area contributed by atoms with Gasteiger partial charge < -0.3 is 5.73 Å². The van der Waals surface area contributed by atoms with E-state index in [-0.39, 0.29) is 5.69 Å². The molecule has 0 unspecified atom stereocenters. The molecule has 14 heavy (non-hydrogen) atoms. The van der Waals surface area contributed by atoms with E-state index in [2.05, 4.69) is 15.2 Å². The number of aromatic amines is 1. The van der Waals surface area contributed by atoms with Crippen molar-refractivity contribution >= 4 is 5.69 Å². The van der Waals surface area contributed by atoms with Gasteiger partial charge in [0.15, 0.2) is 5.82 Å². The molecule has 0 saturated heterocycles. The molecular weight excluding hydrogens is 183 g/mol. The lowest BCUT2D eigenvalue weighted by molar-refractivity contribution is 0.633. The Balaban J connectivity index is 2.57. The third kappa shape index (κ3) is 1.32. The summed E-state index contributed by atoms with van der Waals surface area (Å²) in [7, 11) is 0. The minimum Gasteiger partial charge on any atom is -0.396 e. The second-order valence-electron chi connectivity index (χ2n) is 2.95. The highest BCUT2D eigenvalue weighted by Crippen LogP contribution is 2.24. The second-order valence-corrected chi connectivity index (χ2v) is 2.95. The molecule has 72 valence electrons. The molecule has 0 spiro atoms. The number of aromatic nitrogens is 3. The number of nitrogens with zero attached hydrogens (tertiary/aromatic N) is 2. The number of anilines is 1. The number of rotatable bonds is 1. The molecule has 0 fully saturated rings. The zero-order valence-electron chi connectivity index (χ0n) is 7.58. The predicted molar refractivity (Wildman–Crippen MR) is 50.9 cm³/mol. The van der Waals surface area contributed by atoms with Gasteiger partial charge in [0.25, 0.3) is 0 Å². The molecule has 0 saturated carbocycles. The van der Waals surface area contributed by atoms with Gasteiger partial charge >= 0.3 is 0 Å². The fourth-order valence-corrected chi connectivity index (χ4v) is 1.20. The van der Waals surface area contributed by atoms with Crippen LogP contribution in [0.3, 0.4) is 0 Å². The molecule has 0 aliphatic rings. The monoisotopic (exact) mass is 192 g/mol. The minimum atomic E-state index is -0.454. The van der Waals surface area contributed by atoms with E-state index in [0.29, 0.717) is 17.2 Å². The van der Waals surface area contributed by atoms with Crippen molar-refractivity contribution in [2.45, 2.75) is 6.92 Å². The van der Waals surface area contributed by atoms with Crippen molar-refractivity contribution in [1.29, 1.82) is 0 Å². The van der Waals surface area contributed by atoms with Gasteiger partial charge in [-0.1, -0.05) is 6.07 Å². The zero-order chi connectivity index (χ0) is 10.1. The van der Waals surface area contributed by atoms with Crippen molar-refractivity contribution in [2.75, 3.05) is 5.73 Å². The maximum atomic E-state index is 13.1. The summed E-state index contributed by atoms with van der Waals surface area (Å²) in [5.41, 5.74) is 6.14. The third-order valence-electron chi connectivity index (χ3n) is 1.89. The first kappa shape index (κ1) is 8.68. The number of nitrogens with one attached hydrogen (secondary N) is 1. The quantitative estimate of drug-likeness (QED) is 0.673. The molecule has 5 heteroatoms. The van der Waals surface area contributed by atoms with Crippen molar-refractivity contribution in [1.82, 2.24) is 15.2 Å². The SMILES string of the molecule is Cc1nc(-c2cccc(F)c2N)n[nH]1. The summed E-state index contributed by atoms with van der Waals surface area (Å²) in [6.45, 7) is 1.77. The van der Waals surface area contributed by atoms with Crippen molar-refractivity contribution in [3.63, 3.8) is 0 Å². The van der Waals surface area contributed by atoms with Gasteiger partial charge in [0.2, 0.25) is 0 Å². The minimum absolute atomic E-state index is 0.0755. The molecular formula is C9H9FN4. The van der Waals surface area contributed by atoms with E-state index in [4.69, 9.17) is 5.73 Å². The molecule has 2 aromatic rings. The Morgan fingerprint density at radius 2 is 2.21 bits per heavy atom. The summed E-state index contributed by atoms with van der Waals surface area (Å²) < 4.78 is 13.1. The highest BCUT2D eigenvalue weighted by atomic mass is 19.1. The van der Waals surface area contributed by atoms with E-state index < -0.39 is 5.82 Å². The molecule has 0 aliphatic heterocycles. The standard InChI is InChI=1S/C9H9FN4/c1-5-12-9(14-13-5)6-3-2-4-7(10)8(6)11/h2-4H,11H2,1H3,(H,12,13,14). The number of hydrogen-bond acceptors (Lipinski definition) is 3. The molecule has 0 atom stereocenters. The van der Waals surface area contributed by atoms with E-state index in [0.717, 1.165) is 0 Å². The van der Waals surface area contributed by atoms with Gasteiger partial charge in [-0.3, -0.25) is 5.10 Å². The van der Waals surface area contributed by atoms with Crippen LogP contribution in [0.5, 0.6) is 0 Å². The predicted octanol–water partition coefficient (Wildman–Crippen LogP) is 1.50. The summed E-state index contributed by atoms with van der Waals surface area (Å²) in [5.74, 6) is 0.633. The van der Waals surface area contributed by atoms with E-state index in [1.807, 2.05) is 0 Å². The van der Waals surface area contributed by atoms with Crippen molar-refractivity contribution in [3.05, 3.63) is 29.8 Å². The first-order valence-corrected chi connectivity index (χ1v) is 4.12. The van der Waals surface area contributed by atoms with Crippen LogP contribution in [0.2, 0.25) is 0 Å². The van der Waals surface area contributed by atoms with Gasteiger partial charge in [-0.05, 0) is 19.1 Å². The Bertz CT molecular complexity index is 464. The topological polar surface area (TPSA) is 67.6 Å². The second kappa shape index (κ2) is 3.10. The molecule has 0 radical (unpaired) electrons. The van der Waals surface area contributed by atoms with Crippen molar-refractivity contribution in [3.8, 4) is 11.4 Å². The average molecular weight is 192 g/mol. The summed E-state index contributed by atoms with van der Waals surface area (Å²) in [5, 5.41) is 6.58. The number of para-hydroxylation sites is 1. The van der Waals surface area contributed by atoms with E-state index in [1.165, 1.54) is 6.07 Å². The number of benzene rings is 1. The normalized spacial score (nSPS) is 10.4. The first-order chi connectivity index (χ1) is 6.68. The summed E-state index contributed by atoms with van der Waals surface area (Å²) in [6.07, 6.45) is 0. The van der Waals surface area contributed by atoms with Crippen LogP contribution < -0.4 is 5.73 Å². The van der Waals surface area contributed by atoms with Gasteiger partial charge in [-0.25, -0.2) is 9.37 Å². The summed E-state index contributed by atoms with van der Waals surface area (Å²) in [4.78, 5) is 4.07. The average Bonchev–Trinajstić information content (AvgIpc) is 2.57. The molecule has 2 rings (SSSR count). The Kier molecular flexibility index (Phi) is 1.92. The highest BCUT2D eigenvalue weighted by Gasteiger charge is 2.10. The van der Waals surface area contributed by atoms with Crippen LogP contribution in [-0.2, 0) is 0 Å². The van der Waals surface area contributed by atoms with Gasteiger partial charge in [0.1, 0.15) is 11.6 Å². The largest absolute Gasteiger partial charge is 0.396 e. The van der Waals surface area contributed by atoms with E-state index in [1.54, 1.807) is 19.1 Å². The van der Waals surface area contributed by atoms with Crippen LogP contribution in [0.1, 0.15) is 5.82 Å². The number of H-pyrrole nitrogens is 1. The van der Waals surface area contributed by atoms with Crippen molar-refractivity contribution in [2.24, 2.45) is 0 Å². The number of halogens is 1. The van der Waals surface area contributed by atoms with E-state index >= 15 is 0 Å². The van der Waals surface area contributed by atoms with Crippen molar-refractivity contribution < 1.29 is 4.39 Å². The lowest BCUT2D eigenvalue weighted by atomic mass is 10.1. The number of aryl methyl sites for hydroxylation is 1. The maximum absolute atomic E-state index is 13.1. The number of nitrogens with two attached hydrogens (primary N) is 1. The number of nitrogen functional groups attached to an aromatic ring is 1. The fraction of sp³-hybridized carbons (Fsp3) is 0.111. The molecule has 0 bridgehead atoms. The highest BCUT2D eigenvalue weighted by molar-refractivity contribution is 5.71. The molecule has 1 heterocycles. The Labute approximate surface area is 80.0 Å². The van der Waals surface area contributed by atoms with Gasteiger partial charge in [0, 0.05) is 5.56 Å². The Morgan fingerprint density at radius 1 is 1.43 bits per heavy atom. The van der Waals surface area contributed by atoms with E-state index in [9.17, 15) is 4.39 Å². The van der Waals surface area contributed by atoms with Crippen LogP contribution in [-0.4, -0.2) is 15.2 Å². The summed E-state index contributed by atoms with van der Waals surface area (Å²) in [6, 6.07) is 4.56. The lowest BCUT2D eigenvalue weighted by Gasteiger charge is -2.00. The van der Waals surface area contributed by atoms with Crippen LogP contribution in [0, 0.1) is 12.7 Å². The smallest absolute Gasteiger partial charge is 0.183 e. The number of hydrogen-bond donors (Lipinski definition) is 2. The van der Waals surface area contributed by atoms with Crippen LogP contribution >= 0.6 is 0 Å². The van der Waals surface area contributed by atoms with Gasteiger partial charge in [0.05, 0.1) is 5.69 Å². The molecule has 1 aromatic carbocycles. The molecule has 3 N–H and O–H groups in total. The summed E-state index contributed by atoms with van der Waals surface area (Å²) >= 11 is 0. The van der Waals surface area contributed by atoms with Crippen LogP contribution in [0.4, 0.5) is 10.1 Å². The first-order valence-electron chi connectivity index (χ1n) is 4.12. The third-order valence-corrected chi connectivity index (χ3v) is 1.89. The Morgan fingerprint density at radius 3 is 2.86 bits per heavy atom. The molecule has 0 amide bonds. The zero-order valence-corrected chi connectivity index (χ0v) is 7.58. The molecule has 1 aromatic heterocycles. The van der Waals surface area contributed by atoms with Crippen LogP contribution in [0.25, 0.3) is 11.4 Å². The molecule has 4 nitrogen and oxygen atoms in total. The molecule has 0 aliphatic carbocycles. The fourth-order valence-electron chi connectivity index (χ4n) is 1.20. The van der Waals surface area contributed by atoms with Gasteiger partial charge in [-0.15, -0.1) is 0 Å². The van der Waals surface area contributed by atoms with Crippen LogP contribution in [0.15, 0.2) is 18.2 Å².